The molecule has 2 rings (SSSR count). The van der Waals surface area contributed by atoms with E-state index in [0.717, 1.165) is 12.2 Å². The van der Waals surface area contributed by atoms with Crippen molar-refractivity contribution in [1.82, 2.24) is 14.9 Å². The zero-order valence-corrected chi connectivity index (χ0v) is 11.6. The molecule has 0 fully saturated rings. The molecule has 0 saturated heterocycles. The van der Waals surface area contributed by atoms with Gasteiger partial charge in [0.1, 0.15) is 0 Å². The minimum absolute atomic E-state index is 0.317. The third-order valence-corrected chi connectivity index (χ3v) is 3.52. The second-order valence-electron chi connectivity index (χ2n) is 4.82. The molecule has 1 aromatic carbocycles. The molecule has 18 heavy (non-hydrogen) atoms. The van der Waals surface area contributed by atoms with Gasteiger partial charge in [-0.05, 0) is 33.4 Å². The van der Waals surface area contributed by atoms with Gasteiger partial charge in [-0.25, -0.2) is 4.98 Å². The summed E-state index contributed by atoms with van der Waals surface area (Å²) in [6.07, 6.45) is 1.92. The zero-order valence-electron chi connectivity index (χ0n) is 11.6. The number of aromatic nitrogens is 2. The third-order valence-electron chi connectivity index (χ3n) is 3.52. The predicted octanol–water partition coefficient (Wildman–Crippen LogP) is 2.77. The normalized spacial score (nSPS) is 12.7. The van der Waals surface area contributed by atoms with Crippen LogP contribution >= 0.6 is 0 Å². The molecule has 0 amide bonds. The lowest BCUT2D eigenvalue weighted by atomic mass is 10.0. The van der Waals surface area contributed by atoms with E-state index in [1.807, 2.05) is 20.3 Å². The van der Waals surface area contributed by atoms with E-state index in [0.29, 0.717) is 6.04 Å². The molecule has 0 spiro atoms. The van der Waals surface area contributed by atoms with Crippen molar-refractivity contribution < 1.29 is 0 Å². The highest BCUT2D eigenvalue weighted by Crippen LogP contribution is 2.17. The highest BCUT2D eigenvalue weighted by atomic mass is 15.1. The molecule has 1 unspecified atom stereocenters. The Morgan fingerprint density at radius 1 is 1.28 bits per heavy atom. The van der Waals surface area contributed by atoms with Crippen LogP contribution in [0.3, 0.4) is 0 Å². The SMILES string of the molecule is CNC(Cn1cnc(C)c1C)c1cccc(C)c1. The van der Waals surface area contributed by atoms with Gasteiger partial charge in [0.25, 0.3) is 0 Å². The fourth-order valence-corrected chi connectivity index (χ4v) is 2.18. The molecule has 0 aliphatic carbocycles. The number of aryl methyl sites for hydroxylation is 2. The molecule has 0 radical (unpaired) electrons. The average Bonchev–Trinajstić information content (AvgIpc) is 2.67. The van der Waals surface area contributed by atoms with Crippen LogP contribution in [0, 0.1) is 20.8 Å². The quantitative estimate of drug-likeness (QED) is 0.895. The summed E-state index contributed by atoms with van der Waals surface area (Å²) in [6.45, 7) is 7.20. The topological polar surface area (TPSA) is 29.9 Å². The van der Waals surface area contributed by atoms with Crippen LogP contribution in [-0.4, -0.2) is 16.6 Å². The summed E-state index contributed by atoms with van der Waals surface area (Å²) in [4.78, 5) is 4.35. The summed E-state index contributed by atoms with van der Waals surface area (Å²) in [5.41, 5.74) is 4.96. The lowest BCUT2D eigenvalue weighted by molar-refractivity contribution is 0.494. The molecular weight excluding hydrogens is 222 g/mol. The average molecular weight is 243 g/mol. The Morgan fingerprint density at radius 2 is 2.06 bits per heavy atom. The molecular formula is C15H21N3. The van der Waals surface area contributed by atoms with Crippen molar-refractivity contribution in [1.29, 1.82) is 0 Å². The molecule has 0 aliphatic rings. The largest absolute Gasteiger partial charge is 0.333 e. The van der Waals surface area contributed by atoms with E-state index < -0.39 is 0 Å². The Balaban J connectivity index is 2.22. The van der Waals surface area contributed by atoms with Crippen molar-refractivity contribution in [2.75, 3.05) is 7.05 Å². The summed E-state index contributed by atoms with van der Waals surface area (Å²) in [5.74, 6) is 0. The van der Waals surface area contributed by atoms with Gasteiger partial charge >= 0.3 is 0 Å². The first kappa shape index (κ1) is 12.8. The van der Waals surface area contributed by atoms with Gasteiger partial charge < -0.3 is 9.88 Å². The number of likely N-dealkylation sites (N-methyl/N-ethyl adjacent to an activating group) is 1. The minimum Gasteiger partial charge on any atom is -0.333 e. The van der Waals surface area contributed by atoms with Gasteiger partial charge in [0.2, 0.25) is 0 Å². The van der Waals surface area contributed by atoms with Crippen molar-refractivity contribution in [2.24, 2.45) is 0 Å². The van der Waals surface area contributed by atoms with E-state index >= 15 is 0 Å². The number of nitrogens with zero attached hydrogens (tertiary/aromatic N) is 2. The maximum atomic E-state index is 4.35. The van der Waals surface area contributed by atoms with Crippen LogP contribution in [0.25, 0.3) is 0 Å². The highest BCUT2D eigenvalue weighted by molar-refractivity contribution is 5.25. The number of rotatable bonds is 4. The van der Waals surface area contributed by atoms with Crippen molar-refractivity contribution in [3.63, 3.8) is 0 Å². The highest BCUT2D eigenvalue weighted by Gasteiger charge is 2.12. The molecule has 0 aliphatic heterocycles. The lowest BCUT2D eigenvalue weighted by Crippen LogP contribution is -2.22. The van der Waals surface area contributed by atoms with Gasteiger partial charge in [-0.15, -0.1) is 0 Å². The Kier molecular flexibility index (Phi) is 3.82. The number of imidazole rings is 1. The monoisotopic (exact) mass is 243 g/mol. The van der Waals surface area contributed by atoms with E-state index in [9.17, 15) is 0 Å². The molecule has 0 bridgehead atoms. The summed E-state index contributed by atoms with van der Waals surface area (Å²) in [6, 6.07) is 8.97. The first-order chi connectivity index (χ1) is 8.61. The first-order valence-corrected chi connectivity index (χ1v) is 6.34. The second-order valence-corrected chi connectivity index (χ2v) is 4.82. The van der Waals surface area contributed by atoms with Crippen molar-refractivity contribution >= 4 is 0 Å². The maximum absolute atomic E-state index is 4.35. The van der Waals surface area contributed by atoms with E-state index in [-0.39, 0.29) is 0 Å². The molecule has 3 heteroatoms. The van der Waals surface area contributed by atoms with E-state index in [1.54, 1.807) is 0 Å². The van der Waals surface area contributed by atoms with Gasteiger partial charge in [-0.1, -0.05) is 29.8 Å². The molecule has 0 saturated carbocycles. The first-order valence-electron chi connectivity index (χ1n) is 6.34. The molecule has 1 atom stereocenters. The summed E-state index contributed by atoms with van der Waals surface area (Å²) >= 11 is 0. The number of benzene rings is 1. The fourth-order valence-electron chi connectivity index (χ4n) is 2.18. The molecule has 2 aromatic rings. The summed E-state index contributed by atoms with van der Waals surface area (Å²) < 4.78 is 2.21. The van der Waals surface area contributed by atoms with Gasteiger partial charge in [0.05, 0.1) is 12.0 Å². The summed E-state index contributed by atoms with van der Waals surface area (Å²) in [7, 11) is 2.01. The smallest absolute Gasteiger partial charge is 0.0952 e. The Hall–Kier alpha value is -1.61. The van der Waals surface area contributed by atoms with E-state index in [1.165, 1.54) is 16.8 Å². The Bertz CT molecular complexity index is 528. The molecule has 3 nitrogen and oxygen atoms in total. The third kappa shape index (κ3) is 2.62. The van der Waals surface area contributed by atoms with Crippen LogP contribution in [-0.2, 0) is 6.54 Å². The van der Waals surface area contributed by atoms with Gasteiger partial charge in [0, 0.05) is 18.3 Å². The van der Waals surface area contributed by atoms with Crippen molar-refractivity contribution in [2.45, 2.75) is 33.4 Å². The van der Waals surface area contributed by atoms with Crippen molar-refractivity contribution in [3.05, 3.63) is 53.1 Å². The zero-order chi connectivity index (χ0) is 13.1. The Labute approximate surface area is 109 Å². The van der Waals surface area contributed by atoms with E-state index in [4.69, 9.17) is 0 Å². The number of nitrogens with one attached hydrogen (secondary N) is 1. The van der Waals surface area contributed by atoms with Crippen LogP contribution in [0.5, 0.6) is 0 Å². The van der Waals surface area contributed by atoms with Crippen LogP contribution in [0.15, 0.2) is 30.6 Å². The maximum Gasteiger partial charge on any atom is 0.0952 e. The molecule has 96 valence electrons. The van der Waals surface area contributed by atoms with Gasteiger partial charge in [0.15, 0.2) is 0 Å². The number of hydrogen-bond acceptors (Lipinski definition) is 2. The standard InChI is InChI=1S/C15H21N3/c1-11-6-5-7-14(8-11)15(16-4)9-18-10-17-12(2)13(18)3/h5-8,10,15-16H,9H2,1-4H3. The van der Waals surface area contributed by atoms with E-state index in [2.05, 4.69) is 53.0 Å². The van der Waals surface area contributed by atoms with Crippen LogP contribution in [0.1, 0.15) is 28.6 Å². The summed E-state index contributed by atoms with van der Waals surface area (Å²) in [5, 5.41) is 3.38. The second kappa shape index (κ2) is 5.36. The minimum atomic E-state index is 0.317. The molecule has 1 heterocycles. The number of hydrogen-bond donors (Lipinski definition) is 1. The van der Waals surface area contributed by atoms with Gasteiger partial charge in [-0.2, -0.15) is 0 Å². The molecule has 1 aromatic heterocycles. The lowest BCUT2D eigenvalue weighted by Gasteiger charge is -2.18. The fraction of sp³-hybridized carbons (Fsp3) is 0.400. The Morgan fingerprint density at radius 3 is 2.61 bits per heavy atom. The van der Waals surface area contributed by atoms with Crippen LogP contribution < -0.4 is 5.32 Å². The van der Waals surface area contributed by atoms with Crippen LogP contribution in [0.4, 0.5) is 0 Å². The molecule has 1 N–H and O–H groups in total. The van der Waals surface area contributed by atoms with Gasteiger partial charge in [-0.3, -0.25) is 0 Å². The van der Waals surface area contributed by atoms with Crippen LogP contribution in [0.2, 0.25) is 0 Å². The van der Waals surface area contributed by atoms with Crippen molar-refractivity contribution in [3.8, 4) is 0 Å². The predicted molar refractivity (Wildman–Crippen MR) is 74.7 cm³/mol.